The lowest BCUT2D eigenvalue weighted by Gasteiger charge is -2.48. The Morgan fingerprint density at radius 2 is 2.08 bits per heavy atom. The number of hydrogen-bond acceptors (Lipinski definition) is 8. The number of benzene rings is 1. The molecule has 2 aliphatic heterocycles. The topological polar surface area (TPSA) is 125 Å². The van der Waals surface area contributed by atoms with Crippen LogP contribution in [0.4, 0.5) is 5.69 Å². The highest BCUT2D eigenvalue weighted by molar-refractivity contribution is 8.00. The van der Waals surface area contributed by atoms with Crippen molar-refractivity contribution in [1.82, 2.24) is 4.90 Å². The zero-order chi connectivity index (χ0) is 18.8. The molecular formula is C16H17N3O6S. The van der Waals surface area contributed by atoms with Gasteiger partial charge >= 0.3 is 5.97 Å². The van der Waals surface area contributed by atoms with Crippen molar-refractivity contribution in [3.8, 4) is 0 Å². The average Bonchev–Trinajstić information content (AvgIpc) is 2.65. The Hall–Kier alpha value is -2.43. The predicted octanol–water partition coefficient (Wildman–Crippen LogP) is 0.781. The van der Waals surface area contributed by atoms with Gasteiger partial charge in [0.15, 0.2) is 0 Å². The number of methoxy groups -OCH3 is 1. The van der Waals surface area contributed by atoms with Crippen molar-refractivity contribution >= 4 is 29.3 Å². The molecule has 0 radical (unpaired) electrons. The van der Waals surface area contributed by atoms with Gasteiger partial charge in [-0.1, -0.05) is 0 Å². The number of amides is 1. The van der Waals surface area contributed by atoms with Crippen LogP contribution in [0.25, 0.3) is 0 Å². The van der Waals surface area contributed by atoms with Crippen molar-refractivity contribution in [1.29, 1.82) is 0 Å². The highest BCUT2D eigenvalue weighted by Gasteiger charge is 2.52. The molecule has 9 nitrogen and oxygen atoms in total. The molecule has 1 amide bonds. The lowest BCUT2D eigenvalue weighted by Crippen LogP contribution is -2.68. The normalized spacial score (nSPS) is 21.9. The molecule has 2 aliphatic rings. The highest BCUT2D eigenvalue weighted by Crippen LogP contribution is 2.39. The maximum atomic E-state index is 12.6. The Morgan fingerprint density at radius 1 is 1.38 bits per heavy atom. The first-order chi connectivity index (χ1) is 12.4. The number of hydrogen-bond donors (Lipinski definition) is 1. The number of β-lactam (4-membered cyclic amide) rings is 1. The molecule has 10 heteroatoms. The molecule has 26 heavy (non-hydrogen) atoms. The van der Waals surface area contributed by atoms with Crippen molar-refractivity contribution in [3.63, 3.8) is 0 Å². The lowest BCUT2D eigenvalue weighted by atomic mass is 10.0. The van der Waals surface area contributed by atoms with E-state index in [1.54, 1.807) is 0 Å². The van der Waals surface area contributed by atoms with Crippen LogP contribution < -0.4 is 5.73 Å². The van der Waals surface area contributed by atoms with Gasteiger partial charge in [-0.25, -0.2) is 4.79 Å². The average molecular weight is 379 g/mol. The van der Waals surface area contributed by atoms with Crippen LogP contribution in [0, 0.1) is 10.1 Å². The van der Waals surface area contributed by atoms with Crippen molar-refractivity contribution in [2.45, 2.75) is 18.0 Å². The third-order valence-electron chi connectivity index (χ3n) is 4.12. The van der Waals surface area contributed by atoms with Crippen LogP contribution in [0.3, 0.4) is 0 Å². The first kappa shape index (κ1) is 18.4. The Kier molecular flexibility index (Phi) is 5.25. The summed E-state index contributed by atoms with van der Waals surface area (Å²) in [7, 11) is 1.51. The number of fused-ring (bicyclic) bond motifs is 1. The fourth-order valence-electron chi connectivity index (χ4n) is 2.78. The molecule has 0 saturated carbocycles. The third-order valence-corrected chi connectivity index (χ3v) is 5.48. The molecule has 1 saturated heterocycles. The number of nitrogens with zero attached hydrogens (tertiary/aromatic N) is 2. The van der Waals surface area contributed by atoms with Gasteiger partial charge in [0.1, 0.15) is 23.7 Å². The van der Waals surface area contributed by atoms with E-state index < -0.39 is 16.9 Å². The SMILES string of the molecule is COCC1=C(C(=O)OCc2ccc([N+](=O)[O-])cc2)N2C(=O)[C@H](N)[C@@H]2SC1. The Balaban J connectivity index is 1.73. The van der Waals surface area contributed by atoms with Crippen LogP contribution in [0.5, 0.6) is 0 Å². The summed E-state index contributed by atoms with van der Waals surface area (Å²) in [6.07, 6.45) is 0. The summed E-state index contributed by atoms with van der Waals surface area (Å²) in [4.78, 5) is 36.2. The van der Waals surface area contributed by atoms with Crippen LogP contribution in [0.2, 0.25) is 0 Å². The summed E-state index contributed by atoms with van der Waals surface area (Å²) < 4.78 is 10.4. The molecule has 0 spiro atoms. The summed E-state index contributed by atoms with van der Waals surface area (Å²) in [6.45, 7) is 0.146. The molecule has 1 aromatic carbocycles. The molecular weight excluding hydrogens is 362 g/mol. The molecule has 1 aromatic rings. The number of nitro groups is 1. The smallest absolute Gasteiger partial charge is 0.355 e. The van der Waals surface area contributed by atoms with Crippen molar-refractivity contribution < 1.29 is 24.0 Å². The second-order valence-corrected chi connectivity index (χ2v) is 6.93. The Morgan fingerprint density at radius 3 is 2.69 bits per heavy atom. The quantitative estimate of drug-likeness (QED) is 0.333. The van der Waals surface area contributed by atoms with Gasteiger partial charge in [-0.05, 0) is 23.3 Å². The Labute approximate surface area is 153 Å². The first-order valence-corrected chi connectivity index (χ1v) is 8.80. The molecule has 0 unspecified atom stereocenters. The number of esters is 1. The van der Waals surface area contributed by atoms with Gasteiger partial charge in [-0.3, -0.25) is 19.8 Å². The third kappa shape index (κ3) is 3.30. The van der Waals surface area contributed by atoms with Gasteiger partial charge in [0.2, 0.25) is 5.91 Å². The second-order valence-electron chi connectivity index (χ2n) is 5.82. The number of nitro benzene ring substituents is 1. The van der Waals surface area contributed by atoms with Gasteiger partial charge < -0.3 is 15.2 Å². The van der Waals surface area contributed by atoms with E-state index in [1.807, 2.05) is 0 Å². The lowest BCUT2D eigenvalue weighted by molar-refractivity contribution is -0.384. The maximum Gasteiger partial charge on any atom is 0.355 e. The summed E-state index contributed by atoms with van der Waals surface area (Å²) in [6, 6.07) is 5.08. The number of ether oxygens (including phenoxy) is 2. The molecule has 2 N–H and O–H groups in total. The molecule has 1 fully saturated rings. The number of carbonyl (C=O) groups is 2. The highest BCUT2D eigenvalue weighted by atomic mass is 32.2. The zero-order valence-electron chi connectivity index (χ0n) is 13.9. The second kappa shape index (κ2) is 7.44. The van der Waals surface area contributed by atoms with Crippen LogP contribution in [0.1, 0.15) is 5.56 Å². The number of nitrogens with two attached hydrogens (primary N) is 1. The minimum atomic E-state index is -0.638. The summed E-state index contributed by atoms with van der Waals surface area (Å²) in [5.41, 5.74) is 7.20. The van der Waals surface area contributed by atoms with Gasteiger partial charge in [0.05, 0.1) is 11.5 Å². The molecule has 3 rings (SSSR count). The molecule has 2 heterocycles. The van der Waals surface area contributed by atoms with E-state index in [1.165, 1.54) is 48.0 Å². The maximum absolute atomic E-state index is 12.6. The number of thioether (sulfide) groups is 1. The van der Waals surface area contributed by atoms with E-state index >= 15 is 0 Å². The van der Waals surface area contributed by atoms with Crippen LogP contribution in [-0.2, 0) is 25.7 Å². The van der Waals surface area contributed by atoms with Crippen molar-refractivity contribution in [2.24, 2.45) is 5.73 Å². The summed E-state index contributed by atoms with van der Waals surface area (Å²) in [5, 5.41) is 10.4. The standard InChI is InChI=1S/C16H17N3O6S/c1-24-7-10-8-26-15-12(17)14(20)18(15)13(10)16(21)25-6-9-2-4-11(5-3-9)19(22)23/h2-5,12,15H,6-8,17H2,1H3/t12-,15-/m0/s1. The molecule has 2 atom stereocenters. The molecule has 0 aliphatic carbocycles. The van der Waals surface area contributed by atoms with Crippen molar-refractivity contribution in [2.75, 3.05) is 19.5 Å². The zero-order valence-corrected chi connectivity index (χ0v) is 14.7. The van der Waals surface area contributed by atoms with E-state index in [4.69, 9.17) is 15.2 Å². The van der Waals surface area contributed by atoms with Gasteiger partial charge in [-0.2, -0.15) is 0 Å². The van der Waals surface area contributed by atoms with E-state index in [2.05, 4.69) is 0 Å². The number of carbonyl (C=O) groups excluding carboxylic acids is 2. The van der Waals surface area contributed by atoms with Crippen molar-refractivity contribution in [3.05, 3.63) is 51.2 Å². The number of rotatable bonds is 6. The van der Waals surface area contributed by atoms with Gasteiger partial charge in [0, 0.05) is 25.0 Å². The van der Waals surface area contributed by atoms with Gasteiger partial charge in [-0.15, -0.1) is 11.8 Å². The first-order valence-electron chi connectivity index (χ1n) is 7.75. The van der Waals surface area contributed by atoms with Crippen LogP contribution >= 0.6 is 11.8 Å². The van der Waals surface area contributed by atoms with E-state index in [-0.39, 0.29) is 35.9 Å². The van der Waals surface area contributed by atoms with Crippen LogP contribution in [0.15, 0.2) is 35.5 Å². The summed E-state index contributed by atoms with van der Waals surface area (Å²) in [5.74, 6) is -0.433. The molecule has 138 valence electrons. The fraction of sp³-hybridized carbons (Fsp3) is 0.375. The molecule has 0 bridgehead atoms. The van der Waals surface area contributed by atoms with Crippen LogP contribution in [-0.4, -0.2) is 52.6 Å². The largest absolute Gasteiger partial charge is 0.456 e. The number of non-ortho nitro benzene ring substituents is 1. The summed E-state index contributed by atoms with van der Waals surface area (Å²) >= 11 is 1.48. The van der Waals surface area contributed by atoms with E-state index in [0.29, 0.717) is 16.9 Å². The monoisotopic (exact) mass is 379 g/mol. The molecule has 0 aromatic heterocycles. The Bertz CT molecular complexity index is 779. The predicted molar refractivity (Wildman–Crippen MR) is 92.9 cm³/mol. The van der Waals surface area contributed by atoms with Gasteiger partial charge in [0.25, 0.3) is 5.69 Å². The van der Waals surface area contributed by atoms with E-state index in [0.717, 1.165) is 0 Å². The van der Waals surface area contributed by atoms with E-state index in [9.17, 15) is 19.7 Å². The minimum absolute atomic E-state index is 0.0440. The fourth-order valence-corrected chi connectivity index (χ4v) is 4.06. The minimum Gasteiger partial charge on any atom is -0.456 e.